The highest BCUT2D eigenvalue weighted by atomic mass is 32.2. The molecule has 0 unspecified atom stereocenters. The first-order chi connectivity index (χ1) is 9.56. The largest absolute Gasteiger partial charge is 0.377 e. The predicted octanol–water partition coefficient (Wildman–Crippen LogP) is 5.08. The van der Waals surface area contributed by atoms with Crippen LogP contribution in [0.25, 0.3) is 0 Å². The summed E-state index contributed by atoms with van der Waals surface area (Å²) >= 11 is 2.05. The Morgan fingerprint density at radius 3 is 2.60 bits per heavy atom. The molecule has 0 amide bonds. The van der Waals surface area contributed by atoms with Crippen LogP contribution in [0.3, 0.4) is 0 Å². The molecule has 0 aromatic heterocycles. The minimum absolute atomic E-state index is 0.722. The fourth-order valence-electron chi connectivity index (χ4n) is 1.95. The predicted molar refractivity (Wildman–Crippen MR) is 95.0 cm³/mol. The second kappa shape index (κ2) is 9.43. The van der Waals surface area contributed by atoms with Gasteiger partial charge >= 0.3 is 0 Å². The second-order valence-electron chi connectivity index (χ2n) is 5.77. The van der Waals surface area contributed by atoms with Crippen LogP contribution in [0, 0.1) is 0 Å². The van der Waals surface area contributed by atoms with Crippen molar-refractivity contribution >= 4 is 19.8 Å². The van der Waals surface area contributed by atoms with E-state index in [1.807, 2.05) is 6.07 Å². The minimum atomic E-state index is -1.24. The van der Waals surface area contributed by atoms with E-state index in [2.05, 4.69) is 62.6 Å². The molecule has 1 nitrogen and oxygen atoms in total. The zero-order chi connectivity index (χ0) is 14.8. The quantitative estimate of drug-likeness (QED) is 0.440. The molecular formula is C17H28OSSi. The van der Waals surface area contributed by atoms with Gasteiger partial charge in [0.2, 0.25) is 0 Å². The molecule has 0 heterocycles. The van der Waals surface area contributed by atoms with Crippen molar-refractivity contribution in [3.8, 4) is 0 Å². The normalized spacial score (nSPS) is 11.6. The molecule has 112 valence electrons. The molecule has 0 bridgehead atoms. The summed E-state index contributed by atoms with van der Waals surface area (Å²) in [7, 11) is -1.24. The third-order valence-corrected chi connectivity index (χ3v) is 9.78. The highest BCUT2D eigenvalue weighted by Gasteiger charge is 2.23. The van der Waals surface area contributed by atoms with Crippen molar-refractivity contribution in [3.05, 3.63) is 47.7 Å². The molecule has 1 rings (SSSR count). The van der Waals surface area contributed by atoms with E-state index in [0.29, 0.717) is 0 Å². The maximum absolute atomic E-state index is 5.73. The van der Waals surface area contributed by atoms with Crippen LogP contribution in [-0.4, -0.2) is 25.8 Å². The summed E-state index contributed by atoms with van der Waals surface area (Å²) in [5.74, 6) is 1.21. The summed E-state index contributed by atoms with van der Waals surface area (Å²) in [6.45, 7) is 13.0. The van der Waals surface area contributed by atoms with Crippen LogP contribution in [0.15, 0.2) is 42.1 Å². The summed E-state index contributed by atoms with van der Waals surface area (Å²) in [5.41, 5.74) is 1.25. The van der Waals surface area contributed by atoms with Crippen LogP contribution in [0.2, 0.25) is 13.1 Å². The minimum Gasteiger partial charge on any atom is -0.377 e. The number of benzene rings is 1. The van der Waals surface area contributed by atoms with E-state index < -0.39 is 8.07 Å². The lowest BCUT2D eigenvalue weighted by molar-refractivity contribution is 0.119. The van der Waals surface area contributed by atoms with Crippen LogP contribution in [0.5, 0.6) is 0 Å². The zero-order valence-electron chi connectivity index (χ0n) is 13.2. The molecule has 20 heavy (non-hydrogen) atoms. The highest BCUT2D eigenvalue weighted by Crippen LogP contribution is 2.22. The summed E-state index contributed by atoms with van der Waals surface area (Å²) in [5, 5.41) is 2.79. The molecule has 3 heteroatoms. The van der Waals surface area contributed by atoms with Gasteiger partial charge in [-0.15, -0.1) is 6.58 Å². The average Bonchev–Trinajstić information content (AvgIpc) is 2.45. The van der Waals surface area contributed by atoms with Gasteiger partial charge in [-0.05, 0) is 29.5 Å². The zero-order valence-corrected chi connectivity index (χ0v) is 15.0. The summed E-state index contributed by atoms with van der Waals surface area (Å²) < 4.78 is 5.73. The lowest BCUT2D eigenvalue weighted by atomic mass is 10.2. The molecule has 0 N–H and O–H groups in total. The van der Waals surface area contributed by atoms with Crippen molar-refractivity contribution in [2.45, 2.75) is 39.5 Å². The number of hydrogen-bond donors (Lipinski definition) is 0. The Morgan fingerprint density at radius 1 is 1.25 bits per heavy atom. The van der Waals surface area contributed by atoms with E-state index in [4.69, 9.17) is 4.74 Å². The molecule has 0 saturated heterocycles. The smallest absolute Gasteiger partial charge is 0.0844 e. The summed E-state index contributed by atoms with van der Waals surface area (Å²) in [6.07, 6.45) is 2.22. The standard InChI is InChI=1S/C17H28OSSi/c1-5-19-15-20(3,4)16(2)10-9-13-18-14-17-11-7-6-8-12-17/h6-8,11-12H,2,5,9-10,13-15H2,1,3-4H3. The van der Waals surface area contributed by atoms with Crippen LogP contribution in [-0.2, 0) is 11.3 Å². The van der Waals surface area contributed by atoms with Gasteiger partial charge in [-0.2, -0.15) is 11.8 Å². The van der Waals surface area contributed by atoms with E-state index in [1.165, 1.54) is 21.9 Å². The van der Waals surface area contributed by atoms with Gasteiger partial charge < -0.3 is 4.74 Å². The van der Waals surface area contributed by atoms with Gasteiger partial charge in [0, 0.05) is 6.61 Å². The van der Waals surface area contributed by atoms with E-state index in [9.17, 15) is 0 Å². The molecule has 1 aromatic rings. The Bertz CT molecular complexity index is 389. The van der Waals surface area contributed by atoms with Crippen molar-refractivity contribution in [1.82, 2.24) is 0 Å². The monoisotopic (exact) mass is 308 g/mol. The Kier molecular flexibility index (Phi) is 8.27. The van der Waals surface area contributed by atoms with Gasteiger partial charge in [-0.25, -0.2) is 0 Å². The first-order valence-electron chi connectivity index (χ1n) is 7.44. The molecule has 1 aromatic carbocycles. The summed E-state index contributed by atoms with van der Waals surface area (Å²) in [4.78, 5) is 0. The SMILES string of the molecule is C=C(CCCOCc1ccccc1)[Si](C)(C)CSCC. The van der Waals surface area contributed by atoms with Gasteiger partial charge in [0.1, 0.15) is 0 Å². The summed E-state index contributed by atoms with van der Waals surface area (Å²) in [6, 6.07) is 10.4. The fraction of sp³-hybridized carbons (Fsp3) is 0.529. The molecular weight excluding hydrogens is 280 g/mol. The van der Waals surface area contributed by atoms with Gasteiger partial charge in [0.25, 0.3) is 0 Å². The molecule has 0 radical (unpaired) electrons. The molecule has 0 fully saturated rings. The van der Waals surface area contributed by atoms with Crippen molar-refractivity contribution in [2.24, 2.45) is 0 Å². The molecule has 0 atom stereocenters. The van der Waals surface area contributed by atoms with Crippen molar-refractivity contribution < 1.29 is 4.74 Å². The van der Waals surface area contributed by atoms with Gasteiger partial charge in [0.15, 0.2) is 0 Å². The van der Waals surface area contributed by atoms with Crippen LogP contribution in [0.1, 0.15) is 25.3 Å². The average molecular weight is 309 g/mol. The Balaban J connectivity index is 2.16. The second-order valence-corrected chi connectivity index (χ2v) is 12.4. The first kappa shape index (κ1) is 17.5. The van der Waals surface area contributed by atoms with Gasteiger partial charge in [-0.3, -0.25) is 0 Å². The first-order valence-corrected chi connectivity index (χ1v) is 11.8. The number of thioether (sulfide) groups is 1. The molecule has 0 spiro atoms. The van der Waals surface area contributed by atoms with E-state index in [-0.39, 0.29) is 0 Å². The Hall–Kier alpha value is -0.513. The van der Waals surface area contributed by atoms with E-state index >= 15 is 0 Å². The topological polar surface area (TPSA) is 9.23 Å². The number of hydrogen-bond acceptors (Lipinski definition) is 2. The number of ether oxygens (including phenoxy) is 1. The van der Waals surface area contributed by atoms with Gasteiger partial charge in [0.05, 0.1) is 14.7 Å². The third kappa shape index (κ3) is 6.78. The van der Waals surface area contributed by atoms with E-state index in [0.717, 1.165) is 26.1 Å². The van der Waals surface area contributed by atoms with Crippen molar-refractivity contribution in [3.63, 3.8) is 0 Å². The Morgan fingerprint density at radius 2 is 1.95 bits per heavy atom. The highest BCUT2D eigenvalue weighted by molar-refractivity contribution is 8.00. The van der Waals surface area contributed by atoms with Crippen LogP contribution in [0.4, 0.5) is 0 Å². The molecule has 0 aliphatic heterocycles. The lowest BCUT2D eigenvalue weighted by Crippen LogP contribution is -2.32. The van der Waals surface area contributed by atoms with Crippen LogP contribution >= 0.6 is 11.8 Å². The number of rotatable bonds is 10. The number of allylic oxidation sites excluding steroid dienone is 1. The van der Waals surface area contributed by atoms with Crippen LogP contribution < -0.4 is 0 Å². The molecule has 0 aliphatic carbocycles. The fourth-order valence-corrected chi connectivity index (χ4v) is 6.48. The van der Waals surface area contributed by atoms with Gasteiger partial charge in [-0.1, -0.05) is 55.5 Å². The lowest BCUT2D eigenvalue weighted by Gasteiger charge is -2.24. The van der Waals surface area contributed by atoms with E-state index in [1.54, 1.807) is 0 Å². The maximum atomic E-state index is 5.73. The third-order valence-electron chi connectivity index (χ3n) is 3.50. The molecule has 0 saturated carbocycles. The molecule has 0 aliphatic rings. The Labute approximate surface area is 129 Å². The van der Waals surface area contributed by atoms with Crippen molar-refractivity contribution in [1.29, 1.82) is 0 Å². The maximum Gasteiger partial charge on any atom is 0.0844 e. The van der Waals surface area contributed by atoms with Crippen molar-refractivity contribution in [2.75, 3.05) is 17.7 Å².